The van der Waals surface area contributed by atoms with Crippen molar-refractivity contribution in [3.8, 4) is 5.75 Å². The van der Waals surface area contributed by atoms with Crippen LogP contribution in [-0.2, 0) is 7.05 Å². The fourth-order valence-electron chi connectivity index (χ4n) is 2.65. The van der Waals surface area contributed by atoms with Gasteiger partial charge in [-0.3, -0.25) is 19.6 Å². The number of H-pyrrole nitrogens is 1. The summed E-state index contributed by atoms with van der Waals surface area (Å²) in [6.07, 6.45) is 4.46. The molecule has 3 rings (SSSR count). The summed E-state index contributed by atoms with van der Waals surface area (Å²) >= 11 is 0. The van der Waals surface area contributed by atoms with E-state index in [1.54, 1.807) is 43.8 Å². The van der Waals surface area contributed by atoms with Crippen molar-refractivity contribution in [2.24, 2.45) is 7.05 Å². The molecule has 2 heterocycles. The number of hydrogen-bond acceptors (Lipinski definition) is 5. The molecule has 8 heteroatoms. The minimum absolute atomic E-state index is 0.148. The molecular formula is C19H18N4O4. The predicted octanol–water partition coefficient (Wildman–Crippen LogP) is 0.997. The lowest BCUT2D eigenvalue weighted by molar-refractivity contribution is 0.0940. The first kappa shape index (κ1) is 18.1. The van der Waals surface area contributed by atoms with Crippen molar-refractivity contribution in [1.82, 2.24) is 19.9 Å². The number of amides is 1. The zero-order chi connectivity index (χ0) is 19.4. The molecule has 138 valence electrons. The second kappa shape index (κ2) is 7.69. The van der Waals surface area contributed by atoms with E-state index in [1.165, 1.54) is 13.2 Å². The number of aromatic nitrogens is 3. The third-order valence-corrected chi connectivity index (χ3v) is 4.12. The highest BCUT2D eigenvalue weighted by atomic mass is 16.5. The Morgan fingerprint density at radius 2 is 1.74 bits per heavy atom. The lowest BCUT2D eigenvalue weighted by Crippen LogP contribution is -2.37. The van der Waals surface area contributed by atoms with Crippen molar-refractivity contribution in [2.45, 2.75) is 6.04 Å². The summed E-state index contributed by atoms with van der Waals surface area (Å²) < 4.78 is 6.31. The average Bonchev–Trinajstić information content (AvgIpc) is 2.69. The first-order chi connectivity index (χ1) is 13.0. The van der Waals surface area contributed by atoms with E-state index in [0.717, 1.165) is 15.7 Å². The summed E-state index contributed by atoms with van der Waals surface area (Å²) in [6, 6.07) is 10.3. The molecular weight excluding hydrogens is 348 g/mol. The van der Waals surface area contributed by atoms with E-state index in [2.05, 4.69) is 15.3 Å². The van der Waals surface area contributed by atoms with Crippen LogP contribution in [0.3, 0.4) is 0 Å². The van der Waals surface area contributed by atoms with Gasteiger partial charge in [-0.05, 0) is 35.4 Å². The Bertz CT molecular complexity index is 1060. The number of carbonyl (C=O) groups is 1. The normalized spacial score (nSPS) is 11.6. The lowest BCUT2D eigenvalue weighted by atomic mass is 9.99. The molecule has 8 nitrogen and oxygen atoms in total. The van der Waals surface area contributed by atoms with Crippen LogP contribution in [0.4, 0.5) is 0 Å². The van der Waals surface area contributed by atoms with Gasteiger partial charge in [0.15, 0.2) is 0 Å². The van der Waals surface area contributed by atoms with E-state index in [9.17, 15) is 14.4 Å². The van der Waals surface area contributed by atoms with Crippen LogP contribution in [0.25, 0.3) is 0 Å². The number of carbonyl (C=O) groups excluding carboxylic acids is 1. The lowest BCUT2D eigenvalue weighted by Gasteiger charge is -2.20. The zero-order valence-corrected chi connectivity index (χ0v) is 14.8. The van der Waals surface area contributed by atoms with E-state index in [-0.39, 0.29) is 5.56 Å². The maximum Gasteiger partial charge on any atom is 0.328 e. The maximum absolute atomic E-state index is 12.7. The van der Waals surface area contributed by atoms with Gasteiger partial charge in [-0.25, -0.2) is 4.79 Å². The number of hydrogen-bond donors (Lipinski definition) is 2. The van der Waals surface area contributed by atoms with Gasteiger partial charge < -0.3 is 14.6 Å². The van der Waals surface area contributed by atoms with E-state index in [1.807, 2.05) is 12.1 Å². The summed E-state index contributed by atoms with van der Waals surface area (Å²) in [5.74, 6) is 0.0949. The fourth-order valence-corrected chi connectivity index (χ4v) is 2.65. The van der Waals surface area contributed by atoms with Crippen LogP contribution in [0, 0.1) is 0 Å². The van der Waals surface area contributed by atoms with Gasteiger partial charge in [0.1, 0.15) is 11.3 Å². The quantitative estimate of drug-likeness (QED) is 0.701. The Hall–Kier alpha value is -3.68. The van der Waals surface area contributed by atoms with Gasteiger partial charge in [-0.15, -0.1) is 0 Å². The Labute approximate surface area is 154 Å². The van der Waals surface area contributed by atoms with Crippen LogP contribution >= 0.6 is 0 Å². The molecule has 0 saturated carbocycles. The minimum Gasteiger partial charge on any atom is -0.497 e. The minimum atomic E-state index is -0.737. The monoisotopic (exact) mass is 366 g/mol. The summed E-state index contributed by atoms with van der Waals surface area (Å²) in [5, 5.41) is 2.85. The van der Waals surface area contributed by atoms with Gasteiger partial charge in [0, 0.05) is 25.6 Å². The second-order valence-electron chi connectivity index (χ2n) is 5.87. The average molecular weight is 366 g/mol. The fraction of sp³-hybridized carbons (Fsp3) is 0.158. The molecule has 0 aliphatic heterocycles. The number of ether oxygens (including phenoxy) is 1. The topological polar surface area (TPSA) is 106 Å². The third-order valence-electron chi connectivity index (χ3n) is 4.12. The van der Waals surface area contributed by atoms with Crippen molar-refractivity contribution in [2.75, 3.05) is 7.11 Å². The SMILES string of the molecule is COc1ccc(C(NC(=O)c2cn(C)c(=O)[nH]c2=O)c2ccncc2)cc1. The number of nitrogens with one attached hydrogen (secondary N) is 2. The number of benzene rings is 1. The number of aromatic amines is 1. The van der Waals surface area contributed by atoms with Gasteiger partial charge in [-0.2, -0.15) is 0 Å². The Kier molecular flexibility index (Phi) is 5.16. The molecule has 0 saturated heterocycles. The zero-order valence-electron chi connectivity index (χ0n) is 14.8. The molecule has 0 radical (unpaired) electrons. The summed E-state index contributed by atoms with van der Waals surface area (Å²) in [7, 11) is 3.03. The molecule has 1 atom stereocenters. The largest absolute Gasteiger partial charge is 0.497 e. The summed E-state index contributed by atoms with van der Waals surface area (Å²) in [4.78, 5) is 42.4. The highest BCUT2D eigenvalue weighted by Gasteiger charge is 2.20. The van der Waals surface area contributed by atoms with Crippen molar-refractivity contribution in [3.63, 3.8) is 0 Å². The van der Waals surface area contributed by atoms with E-state index in [0.29, 0.717) is 5.75 Å². The molecule has 1 aromatic carbocycles. The standard InChI is InChI=1S/C19H18N4O4/c1-23-11-15(18(25)22-19(23)26)17(24)21-16(13-7-9-20-10-8-13)12-3-5-14(27-2)6-4-12/h3-11,16H,1-2H3,(H,21,24)(H,22,25,26). The molecule has 2 aromatic heterocycles. The molecule has 0 aliphatic carbocycles. The Morgan fingerprint density at radius 1 is 1.11 bits per heavy atom. The van der Waals surface area contributed by atoms with Gasteiger partial charge in [0.25, 0.3) is 11.5 Å². The first-order valence-corrected chi connectivity index (χ1v) is 8.14. The van der Waals surface area contributed by atoms with E-state index < -0.39 is 23.2 Å². The third kappa shape index (κ3) is 3.95. The molecule has 3 aromatic rings. The molecule has 2 N–H and O–H groups in total. The Morgan fingerprint density at radius 3 is 2.37 bits per heavy atom. The van der Waals surface area contributed by atoms with E-state index in [4.69, 9.17) is 4.74 Å². The van der Waals surface area contributed by atoms with Crippen LogP contribution in [0.5, 0.6) is 5.75 Å². The molecule has 0 aliphatic rings. The number of pyridine rings is 1. The van der Waals surface area contributed by atoms with Crippen LogP contribution in [0.2, 0.25) is 0 Å². The molecule has 27 heavy (non-hydrogen) atoms. The number of methoxy groups -OCH3 is 1. The number of aryl methyl sites for hydroxylation is 1. The highest BCUT2D eigenvalue weighted by Crippen LogP contribution is 2.24. The highest BCUT2D eigenvalue weighted by molar-refractivity contribution is 5.94. The van der Waals surface area contributed by atoms with Gasteiger partial charge >= 0.3 is 5.69 Å². The van der Waals surface area contributed by atoms with Crippen molar-refractivity contribution < 1.29 is 9.53 Å². The molecule has 1 unspecified atom stereocenters. The van der Waals surface area contributed by atoms with Crippen molar-refractivity contribution in [1.29, 1.82) is 0 Å². The first-order valence-electron chi connectivity index (χ1n) is 8.14. The van der Waals surface area contributed by atoms with Crippen LogP contribution in [-0.4, -0.2) is 27.6 Å². The van der Waals surface area contributed by atoms with Gasteiger partial charge in [0.05, 0.1) is 13.2 Å². The van der Waals surface area contributed by atoms with Crippen LogP contribution in [0.1, 0.15) is 27.5 Å². The predicted molar refractivity (Wildman–Crippen MR) is 98.8 cm³/mol. The van der Waals surface area contributed by atoms with Gasteiger partial charge in [-0.1, -0.05) is 12.1 Å². The number of rotatable bonds is 5. The maximum atomic E-state index is 12.7. The smallest absolute Gasteiger partial charge is 0.328 e. The van der Waals surface area contributed by atoms with Gasteiger partial charge in [0.2, 0.25) is 0 Å². The van der Waals surface area contributed by atoms with E-state index >= 15 is 0 Å². The molecule has 0 spiro atoms. The van der Waals surface area contributed by atoms with Crippen molar-refractivity contribution >= 4 is 5.91 Å². The second-order valence-corrected chi connectivity index (χ2v) is 5.87. The summed E-state index contributed by atoms with van der Waals surface area (Å²) in [6.45, 7) is 0. The van der Waals surface area contributed by atoms with Crippen LogP contribution < -0.4 is 21.3 Å². The summed E-state index contributed by atoms with van der Waals surface area (Å²) in [5.41, 5.74) is 0.127. The molecule has 0 bridgehead atoms. The molecule has 0 fully saturated rings. The van der Waals surface area contributed by atoms with Crippen molar-refractivity contribution in [3.05, 3.63) is 92.5 Å². The van der Waals surface area contributed by atoms with Crippen LogP contribution in [0.15, 0.2) is 64.6 Å². The molecule has 1 amide bonds. The number of nitrogens with zero attached hydrogens (tertiary/aromatic N) is 2. The Balaban J connectivity index is 1.98.